The molecule has 3 nitrogen and oxygen atoms in total. The normalized spacial score (nSPS) is 33.1. The van der Waals surface area contributed by atoms with Crippen LogP contribution in [-0.2, 0) is 12.3 Å². The summed E-state index contributed by atoms with van der Waals surface area (Å²) in [7, 11) is -23.4. The summed E-state index contributed by atoms with van der Waals surface area (Å²) in [6.45, 7) is 65.6. The second-order valence-corrected chi connectivity index (χ2v) is 103. The molecule has 0 radical (unpaired) electrons. The second kappa shape index (κ2) is 23.8. The van der Waals surface area contributed by atoms with E-state index in [1.165, 1.54) is 72.5 Å². The summed E-state index contributed by atoms with van der Waals surface area (Å²) in [6.07, 6.45) is 0. The Bertz CT molecular complexity index is 1540. The van der Waals surface area contributed by atoms with E-state index < -0.39 is 114 Å². The quantitative estimate of drug-likeness (QED) is 0.242. The lowest BCUT2D eigenvalue weighted by molar-refractivity contribution is 0.540. The molecular formula is C52H122O3SSi14. The van der Waals surface area contributed by atoms with Gasteiger partial charge in [0.25, 0.3) is 0 Å². The highest BCUT2D eigenvalue weighted by molar-refractivity contribution is 7.36. The van der Waals surface area contributed by atoms with Crippen LogP contribution in [-0.4, -0.2) is 114 Å². The predicted octanol–water partition coefficient (Wildman–Crippen LogP) is 19.6. The van der Waals surface area contributed by atoms with E-state index in [1.807, 2.05) is 9.00 Å². The maximum absolute atomic E-state index is 7.60. The van der Waals surface area contributed by atoms with Crippen molar-refractivity contribution in [3.05, 3.63) is 12.1 Å². The maximum Gasteiger partial charge on any atom is 0.173 e. The third-order valence-corrected chi connectivity index (χ3v) is 80.2. The van der Waals surface area contributed by atoms with Gasteiger partial charge in [-0.25, -0.2) is 0 Å². The van der Waals surface area contributed by atoms with Gasteiger partial charge in [0.05, 0.1) is 16.1 Å². The zero-order valence-corrected chi connectivity index (χ0v) is 66.6. The van der Waals surface area contributed by atoms with E-state index in [4.69, 9.17) is 12.3 Å². The Morgan fingerprint density at radius 1 is 0.229 bits per heavy atom. The molecule has 0 aliphatic carbocycles. The first kappa shape index (κ1) is 65.1. The number of rotatable bonds is 0. The zero-order valence-electron chi connectivity index (χ0n) is 51.8. The van der Waals surface area contributed by atoms with Crippen LogP contribution in [0.4, 0.5) is 0 Å². The van der Waals surface area contributed by atoms with Crippen molar-refractivity contribution in [2.45, 2.75) is 302 Å². The zero-order chi connectivity index (χ0) is 53.4. The topological polar surface area (TPSA) is 27.7 Å². The molecule has 70 heavy (non-hydrogen) atoms. The predicted molar refractivity (Wildman–Crippen MR) is 364 cm³/mol. The lowest BCUT2D eigenvalue weighted by atomic mass is 10.7. The minimum absolute atomic E-state index is 1.39. The van der Waals surface area contributed by atoms with Crippen LogP contribution in [0.3, 0.4) is 0 Å². The molecule has 0 saturated heterocycles. The average Bonchev–Trinajstić information content (AvgIpc) is 3.70. The van der Waals surface area contributed by atoms with Gasteiger partial charge >= 0.3 is 0 Å². The van der Waals surface area contributed by atoms with Crippen molar-refractivity contribution in [3.8, 4) is 0 Å². The summed E-state index contributed by atoms with van der Waals surface area (Å²) in [5, 5.41) is 0. The minimum Gasteiger partial charge on any atom is -0.456 e. The van der Waals surface area contributed by atoms with Crippen LogP contribution in [0.2, 0.25) is 302 Å². The van der Waals surface area contributed by atoms with Crippen molar-refractivity contribution in [1.29, 1.82) is 0 Å². The van der Waals surface area contributed by atoms with Gasteiger partial charge in [0.1, 0.15) is 0 Å². The molecular weight excluding hydrogens is 1100 g/mol. The molecule has 0 N–H and O–H groups in total. The molecule has 4 rings (SSSR count). The molecule has 1 aromatic heterocycles. The highest BCUT2D eigenvalue weighted by Gasteiger charge is 2.48. The van der Waals surface area contributed by atoms with Crippen LogP contribution in [0.5, 0.6) is 0 Å². The molecule has 0 spiro atoms. The van der Waals surface area contributed by atoms with E-state index >= 15 is 0 Å². The first-order valence-corrected chi connectivity index (χ1v) is 74.8. The molecule has 0 atom stereocenters. The lowest BCUT2D eigenvalue weighted by Crippen LogP contribution is -2.53. The Balaban J connectivity index is 2.08. The first-order valence-electron chi connectivity index (χ1n) is 29.5. The molecule has 0 fully saturated rings. The third-order valence-electron chi connectivity index (χ3n) is 19.4. The van der Waals surface area contributed by atoms with Gasteiger partial charge in [0, 0.05) is 48.4 Å². The molecule has 410 valence electrons. The van der Waals surface area contributed by atoms with Crippen molar-refractivity contribution in [3.63, 3.8) is 0 Å². The largest absolute Gasteiger partial charge is 0.456 e. The van der Waals surface area contributed by atoms with Crippen molar-refractivity contribution < 1.29 is 12.3 Å². The van der Waals surface area contributed by atoms with Gasteiger partial charge < -0.3 is 12.3 Å². The second-order valence-electron chi connectivity index (χ2n) is 33.6. The van der Waals surface area contributed by atoms with Gasteiger partial charge in [-0.05, 0) is 124 Å². The van der Waals surface area contributed by atoms with Crippen LogP contribution in [0.25, 0.3) is 0 Å². The molecule has 0 aromatic carbocycles. The Morgan fingerprint density at radius 2 is 0.371 bits per heavy atom. The van der Waals surface area contributed by atoms with Crippen LogP contribution in [0.15, 0.2) is 12.1 Å². The summed E-state index contributed by atoms with van der Waals surface area (Å²) in [5.41, 5.74) is 0. The fraction of sp³-hybridized carbons (Fsp3) is 0.923. The van der Waals surface area contributed by atoms with Crippen molar-refractivity contribution in [2.24, 2.45) is 0 Å². The van der Waals surface area contributed by atoms with Gasteiger partial charge in [0.2, 0.25) is 0 Å². The number of hydrogen-bond donors (Lipinski definition) is 0. The minimum atomic E-state index is -1.91. The van der Waals surface area contributed by atoms with Gasteiger partial charge in [0.15, 0.2) is 49.9 Å². The van der Waals surface area contributed by atoms with E-state index in [1.54, 1.807) is 72.5 Å². The van der Waals surface area contributed by atoms with Gasteiger partial charge in [-0.2, -0.15) is 11.3 Å². The molecule has 3 aliphatic heterocycles. The van der Waals surface area contributed by atoms with E-state index in [-0.39, 0.29) is 0 Å². The summed E-state index contributed by atoms with van der Waals surface area (Å²) in [4.78, 5) is 0. The summed E-state index contributed by atoms with van der Waals surface area (Å²) in [6, 6.07) is 41.8. The molecule has 4 bridgehead atoms. The van der Waals surface area contributed by atoms with Crippen LogP contribution >= 0.6 is 11.3 Å². The molecule has 0 saturated carbocycles. The molecule has 1 aromatic rings. The monoisotopic (exact) mass is 1220 g/mol. The van der Waals surface area contributed by atoms with Gasteiger partial charge in [-0.3, -0.25) is 0 Å². The van der Waals surface area contributed by atoms with Crippen LogP contribution < -0.4 is 9.00 Å². The summed E-state index contributed by atoms with van der Waals surface area (Å²) < 4.78 is 26.8. The number of hydrogen-bond acceptors (Lipinski definition) is 4. The molecule has 0 unspecified atom stereocenters. The maximum atomic E-state index is 7.60. The van der Waals surface area contributed by atoms with Crippen molar-refractivity contribution in [1.82, 2.24) is 0 Å². The SMILES string of the molecule is C[Si]1(C)CC[Si](C)(C)O[Si](C)(C)CC[Si](C)(C)CC[Si]23CC[Si](C)(C)CC[Si](C)(C)O[Si](C)(C)CC[Si](C)(C)CC[Si](CC1)(CC[Si](C)(C)CC[Si](C)(C)O[Si](C)(C)CC[Si](C)(C)CC2)c1ccc3s1. The molecule has 4 heterocycles. The Labute approximate surface area is 457 Å². The number of thiophene rings is 1. The standard InChI is InChI=1S/C52H122O3SSi14/c1-57(2)27-39-63(13,14)53-64(15,16)40-28-60(7,8)36-48-70-49-37-61(9,10)31-43-67(21,22)54-65(17,18)41-29-58(3,4)34-46-69(45-33-57,51-25-26-52(70)56-51)47-35-59(5,6)30-42-66(19,20)55-68(23,24)44-32-62(11,12)38-50-70/h25-26H,27-50H2,1-24H3. The Morgan fingerprint density at radius 3 is 0.529 bits per heavy atom. The highest BCUT2D eigenvalue weighted by Crippen LogP contribution is 2.44. The van der Waals surface area contributed by atoms with E-state index in [2.05, 4.69) is 181 Å². The summed E-state index contributed by atoms with van der Waals surface area (Å²) in [5.74, 6) is 0. The smallest absolute Gasteiger partial charge is 0.173 e. The average molecular weight is 1220 g/mol. The Hall–Kier alpha value is 2.62. The highest BCUT2D eigenvalue weighted by atomic mass is 32.1. The third kappa shape index (κ3) is 21.7. The Kier molecular flexibility index (Phi) is 22.1. The molecule has 18 heteroatoms. The first-order chi connectivity index (χ1) is 31.3. The molecule has 3 aliphatic rings. The van der Waals surface area contributed by atoms with Crippen LogP contribution in [0.1, 0.15) is 0 Å². The van der Waals surface area contributed by atoms with Gasteiger partial charge in [-0.1, -0.05) is 199 Å². The fourth-order valence-corrected chi connectivity index (χ4v) is 102. The van der Waals surface area contributed by atoms with Crippen molar-refractivity contribution in [2.75, 3.05) is 0 Å². The van der Waals surface area contributed by atoms with Gasteiger partial charge in [-0.15, -0.1) is 0 Å². The fourth-order valence-electron chi connectivity index (χ4n) is 13.0. The van der Waals surface area contributed by atoms with E-state index in [0.717, 1.165) is 0 Å². The van der Waals surface area contributed by atoms with E-state index in [9.17, 15) is 0 Å². The van der Waals surface area contributed by atoms with E-state index in [0.29, 0.717) is 0 Å². The van der Waals surface area contributed by atoms with Crippen molar-refractivity contribution >= 4 is 135 Å². The summed E-state index contributed by atoms with van der Waals surface area (Å²) >= 11 is 2.57. The van der Waals surface area contributed by atoms with Crippen LogP contribution in [0, 0.1) is 0 Å². The lowest BCUT2D eigenvalue weighted by Gasteiger charge is -2.42. The molecule has 0 amide bonds.